The average molecular weight is 424 g/mol. The van der Waals surface area contributed by atoms with Crippen LogP contribution >= 0.6 is 11.6 Å². The molecule has 0 spiro atoms. The maximum Gasteiger partial charge on any atom is 0.408 e. The second-order valence-corrected chi connectivity index (χ2v) is 4.93. The summed E-state index contributed by atoms with van der Waals surface area (Å²) in [6.45, 7) is -8.24. The molecule has 0 aliphatic carbocycles. The van der Waals surface area contributed by atoms with E-state index in [1.54, 1.807) is 0 Å². The van der Waals surface area contributed by atoms with Crippen molar-refractivity contribution in [1.29, 1.82) is 0 Å². The highest BCUT2D eigenvalue weighted by atomic mass is 35.5. The molecule has 0 saturated heterocycles. The molecular weight excluding hydrogens is 402 g/mol. The van der Waals surface area contributed by atoms with E-state index in [9.17, 15) is 26.3 Å². The van der Waals surface area contributed by atoms with Crippen LogP contribution in [0.1, 0.15) is 26.0 Å². The van der Waals surface area contributed by atoms with Crippen LogP contribution in [0.15, 0.2) is 18.2 Å². The first-order chi connectivity index (χ1) is 15.9. The van der Waals surface area contributed by atoms with E-state index >= 15 is 0 Å². The number of pyridine rings is 1. The van der Waals surface area contributed by atoms with E-state index in [2.05, 4.69) is 19.9 Å². The van der Waals surface area contributed by atoms with Crippen molar-refractivity contribution in [3.05, 3.63) is 23.3 Å². The molecule has 13 heteroatoms. The molecule has 0 fully saturated rings. The lowest BCUT2D eigenvalue weighted by molar-refractivity contribution is -0.139. The van der Waals surface area contributed by atoms with E-state index in [0.717, 1.165) is 12.1 Å². The molecule has 2 aromatic rings. The SMILES string of the molecule is [2H]c1ccc(-c2nc(NC([2H])(C([2H])([2H])[2H])C(F)(F)F)nc(NC([2H])(C([2H])([2H])[2H])C(F)(F)F)n2)nc1Cl. The molecule has 2 atom stereocenters. The maximum atomic E-state index is 13.5. The van der Waals surface area contributed by atoms with Crippen molar-refractivity contribution in [2.45, 2.75) is 38.1 Å². The highest BCUT2D eigenvalue weighted by Crippen LogP contribution is 2.26. The summed E-state index contributed by atoms with van der Waals surface area (Å²) in [6.07, 6.45) is -11.6. The van der Waals surface area contributed by atoms with E-state index < -0.39 is 66.7 Å². The van der Waals surface area contributed by atoms with Gasteiger partial charge in [-0.05, 0) is 25.8 Å². The summed E-state index contributed by atoms with van der Waals surface area (Å²) in [5.74, 6) is -3.75. The van der Waals surface area contributed by atoms with Gasteiger partial charge in [-0.25, -0.2) is 4.98 Å². The van der Waals surface area contributed by atoms with E-state index in [1.165, 1.54) is 10.6 Å². The van der Waals surface area contributed by atoms with Crippen LogP contribution in [0.4, 0.5) is 38.2 Å². The van der Waals surface area contributed by atoms with Gasteiger partial charge in [-0.2, -0.15) is 41.3 Å². The fourth-order valence-electron chi connectivity index (χ4n) is 1.46. The quantitative estimate of drug-likeness (QED) is 0.551. The van der Waals surface area contributed by atoms with Crippen molar-refractivity contribution < 1.29 is 38.7 Å². The normalized spacial score (nSPS) is 22.7. The summed E-state index contributed by atoms with van der Waals surface area (Å²) in [5, 5.41) is 1.84. The van der Waals surface area contributed by atoms with Gasteiger partial charge in [-0.15, -0.1) is 0 Å². The van der Waals surface area contributed by atoms with Crippen LogP contribution < -0.4 is 10.6 Å². The molecule has 0 bridgehead atoms. The highest BCUT2D eigenvalue weighted by molar-refractivity contribution is 6.29. The zero-order valence-electron chi connectivity index (χ0n) is 21.6. The molecule has 2 aromatic heterocycles. The first-order valence-electron chi connectivity index (χ1n) is 11.0. The predicted octanol–water partition coefficient (Wildman–Crippen LogP) is 4.31. The van der Waals surface area contributed by atoms with Crippen LogP contribution in [-0.4, -0.2) is 44.3 Å². The Balaban J connectivity index is 2.78. The number of alkyl halides is 6. The van der Waals surface area contributed by atoms with Crippen molar-refractivity contribution in [3.63, 3.8) is 0 Å². The van der Waals surface area contributed by atoms with Gasteiger partial charge in [-0.3, -0.25) is 0 Å². The minimum atomic E-state index is -5.81. The molecule has 148 valence electrons. The topological polar surface area (TPSA) is 75.6 Å². The van der Waals surface area contributed by atoms with Crippen LogP contribution in [-0.2, 0) is 0 Å². The van der Waals surface area contributed by atoms with E-state index in [-0.39, 0.29) is 6.04 Å². The van der Waals surface area contributed by atoms with Crippen LogP contribution in [0.2, 0.25) is 5.15 Å². The summed E-state index contributed by atoms with van der Waals surface area (Å²) in [6, 6.07) is -7.37. The summed E-state index contributed by atoms with van der Waals surface area (Å²) >= 11 is 5.69. The van der Waals surface area contributed by atoms with Gasteiger partial charge < -0.3 is 10.6 Å². The molecule has 27 heavy (non-hydrogen) atoms. The van der Waals surface area contributed by atoms with Gasteiger partial charge in [-0.1, -0.05) is 17.7 Å². The Hall–Kier alpha value is -2.37. The van der Waals surface area contributed by atoms with Gasteiger partial charge in [0.25, 0.3) is 0 Å². The molecule has 0 aliphatic rings. The lowest BCUT2D eigenvalue weighted by Gasteiger charge is -2.20. The third-order valence-electron chi connectivity index (χ3n) is 2.57. The largest absolute Gasteiger partial charge is 0.408 e. The van der Waals surface area contributed by atoms with Gasteiger partial charge in [0.15, 0.2) is 5.82 Å². The van der Waals surface area contributed by atoms with Crippen molar-refractivity contribution in [3.8, 4) is 11.5 Å². The van der Waals surface area contributed by atoms with Gasteiger partial charge >= 0.3 is 12.4 Å². The van der Waals surface area contributed by atoms with Crippen molar-refractivity contribution in [2.24, 2.45) is 0 Å². The molecule has 2 heterocycles. The molecule has 0 radical (unpaired) electrons. The fraction of sp³-hybridized carbons (Fsp3) is 0.429. The Kier molecular flexibility index (Phi) is 3.27. The Labute approximate surface area is 167 Å². The first kappa shape index (κ1) is 11.5. The lowest BCUT2D eigenvalue weighted by atomic mass is 10.3. The van der Waals surface area contributed by atoms with Gasteiger partial charge in [0.1, 0.15) is 22.9 Å². The third kappa shape index (κ3) is 5.81. The number of aromatic nitrogens is 4. The predicted molar refractivity (Wildman–Crippen MR) is 86.3 cm³/mol. The maximum absolute atomic E-state index is 13.5. The molecular formula is C14H13ClF6N6. The smallest absolute Gasteiger partial charge is 0.343 e. The number of hydrogen-bond donors (Lipinski definition) is 2. The van der Waals surface area contributed by atoms with Crippen LogP contribution in [0.25, 0.3) is 11.5 Å². The number of nitrogens with zero attached hydrogens (tertiary/aromatic N) is 4. The third-order valence-corrected chi connectivity index (χ3v) is 2.76. The standard InChI is InChI=1S/C14H13ClF6N6/c1-6(13(16,17)18)22-11-25-10(8-4-3-5-9(15)24-8)26-12(27-11)23-7(2)14(19,20)21/h3-7H,1-2H3,(H2,22,23,25,26,27)/i1D3,2D3,5D,6D,7D. The van der Waals surface area contributed by atoms with Crippen LogP contribution in [0.5, 0.6) is 0 Å². The molecule has 0 saturated carbocycles. The van der Waals surface area contributed by atoms with Crippen molar-refractivity contribution in [2.75, 3.05) is 10.6 Å². The van der Waals surface area contributed by atoms with Crippen LogP contribution in [0.3, 0.4) is 0 Å². The van der Waals surface area contributed by atoms with Crippen LogP contribution in [0, 0.1) is 0 Å². The Morgan fingerprint density at radius 1 is 1.00 bits per heavy atom. The molecule has 6 nitrogen and oxygen atoms in total. The summed E-state index contributed by atoms with van der Waals surface area (Å²) in [7, 11) is 0. The number of nitrogens with one attached hydrogen (secondary N) is 2. The number of rotatable bonds is 5. The summed E-state index contributed by atoms with van der Waals surface area (Å²) in [4.78, 5) is 13.6. The zero-order valence-corrected chi connectivity index (χ0v) is 13.3. The number of anilines is 2. The highest BCUT2D eigenvalue weighted by Gasteiger charge is 2.38. The minimum Gasteiger partial charge on any atom is -0.343 e. The van der Waals surface area contributed by atoms with Gasteiger partial charge in [0.05, 0.1) is 4.11 Å². The van der Waals surface area contributed by atoms with Crippen molar-refractivity contribution >= 4 is 23.5 Å². The molecule has 2 N–H and O–H groups in total. The van der Waals surface area contributed by atoms with E-state index in [4.69, 9.17) is 23.9 Å². The number of hydrogen-bond acceptors (Lipinski definition) is 6. The van der Waals surface area contributed by atoms with E-state index in [0.29, 0.717) is 0 Å². The molecule has 0 amide bonds. The van der Waals surface area contributed by atoms with E-state index in [1.807, 2.05) is 0 Å². The second kappa shape index (κ2) is 7.71. The van der Waals surface area contributed by atoms with Gasteiger partial charge in [0.2, 0.25) is 11.9 Å². The summed E-state index contributed by atoms with van der Waals surface area (Å²) in [5.41, 5.74) is -0.475. The average Bonchev–Trinajstić information content (AvgIpc) is 2.66. The summed E-state index contributed by atoms with van der Waals surface area (Å²) < 4.78 is 146. The fourth-order valence-corrected chi connectivity index (χ4v) is 1.61. The zero-order chi connectivity index (χ0) is 28.1. The molecule has 0 aromatic carbocycles. The molecule has 2 rings (SSSR count). The molecule has 2 unspecified atom stereocenters. The first-order valence-corrected chi connectivity index (χ1v) is 6.90. The van der Waals surface area contributed by atoms with Gasteiger partial charge in [0, 0.05) is 8.22 Å². The second-order valence-electron chi connectivity index (χ2n) is 4.57. The lowest BCUT2D eigenvalue weighted by Crippen LogP contribution is -2.35. The monoisotopic (exact) mass is 423 g/mol. The van der Waals surface area contributed by atoms with Crippen molar-refractivity contribution in [1.82, 2.24) is 19.9 Å². The Morgan fingerprint density at radius 3 is 1.93 bits per heavy atom. The minimum absolute atomic E-state index is 0.347. The Bertz CT molecular complexity index is 1040. The Morgan fingerprint density at radius 2 is 1.52 bits per heavy atom. The number of halogens is 7. The molecule has 0 aliphatic heterocycles.